The van der Waals surface area contributed by atoms with Crippen molar-refractivity contribution in [3.63, 3.8) is 0 Å². The van der Waals surface area contributed by atoms with Crippen molar-refractivity contribution in [1.82, 2.24) is 0 Å². The summed E-state index contributed by atoms with van der Waals surface area (Å²) in [6.45, 7) is 4.06. The smallest absolute Gasteiger partial charge is 0.274 e. The van der Waals surface area contributed by atoms with Crippen molar-refractivity contribution in [2.45, 2.75) is 18.7 Å². The molecule has 0 aliphatic carbocycles. The lowest BCUT2D eigenvalue weighted by Gasteiger charge is -2.17. The molecule has 1 amide bonds. The first-order chi connectivity index (χ1) is 15.4. The zero-order valence-electron chi connectivity index (χ0n) is 17.8. The molecule has 0 radical (unpaired) electrons. The lowest BCUT2D eigenvalue weighted by atomic mass is 10.2. The second-order valence-corrected chi connectivity index (χ2v) is 10.2. The molecular formula is C25H20ClN3OS2. The van der Waals surface area contributed by atoms with Crippen LogP contribution in [0.4, 0.5) is 17.1 Å². The van der Waals surface area contributed by atoms with Gasteiger partial charge < -0.3 is 4.90 Å². The number of rotatable bonds is 2. The molecule has 1 saturated heterocycles. The summed E-state index contributed by atoms with van der Waals surface area (Å²) in [4.78, 5) is 24.1. The van der Waals surface area contributed by atoms with E-state index in [0.29, 0.717) is 15.1 Å². The van der Waals surface area contributed by atoms with E-state index in [4.69, 9.17) is 16.6 Å². The highest BCUT2D eigenvalue weighted by Gasteiger charge is 2.40. The van der Waals surface area contributed by atoms with Gasteiger partial charge in [0.15, 0.2) is 5.17 Å². The first-order valence-corrected chi connectivity index (χ1v) is 12.1. The van der Waals surface area contributed by atoms with E-state index in [9.17, 15) is 4.79 Å². The van der Waals surface area contributed by atoms with Crippen LogP contribution in [0.15, 0.2) is 86.6 Å². The third kappa shape index (κ3) is 3.83. The fourth-order valence-corrected chi connectivity index (χ4v) is 6.19. The van der Waals surface area contributed by atoms with Gasteiger partial charge in [0.05, 0.1) is 22.1 Å². The topological polar surface area (TPSA) is 35.9 Å². The van der Waals surface area contributed by atoms with Crippen LogP contribution in [0.2, 0.25) is 5.02 Å². The van der Waals surface area contributed by atoms with Crippen LogP contribution in [-0.2, 0) is 4.79 Å². The van der Waals surface area contributed by atoms with E-state index in [1.54, 1.807) is 16.7 Å². The van der Waals surface area contributed by atoms with Crippen molar-refractivity contribution >= 4 is 63.3 Å². The van der Waals surface area contributed by atoms with Gasteiger partial charge in [-0.3, -0.25) is 9.69 Å². The first kappa shape index (κ1) is 21.2. The molecule has 0 atom stereocenters. The predicted octanol–water partition coefficient (Wildman–Crippen LogP) is 7.14. The van der Waals surface area contributed by atoms with Gasteiger partial charge in [0, 0.05) is 17.0 Å². The Morgan fingerprint density at radius 2 is 1.66 bits per heavy atom. The summed E-state index contributed by atoms with van der Waals surface area (Å²) in [7, 11) is 1.97. The molecule has 0 spiro atoms. The van der Waals surface area contributed by atoms with Crippen LogP contribution in [0.25, 0.3) is 0 Å². The maximum atomic E-state index is 13.7. The number of halogens is 1. The Labute approximate surface area is 201 Å². The number of aryl methyl sites for hydroxylation is 2. The average molecular weight is 478 g/mol. The fraction of sp³-hybridized carbons (Fsp3) is 0.120. The minimum Gasteiger partial charge on any atom is -0.337 e. The highest BCUT2D eigenvalue weighted by molar-refractivity contribution is 8.20. The average Bonchev–Trinajstić information content (AvgIpc) is 3.24. The second kappa shape index (κ2) is 8.35. The molecule has 3 aromatic carbocycles. The number of benzene rings is 3. The quantitative estimate of drug-likeness (QED) is 0.367. The van der Waals surface area contributed by atoms with Gasteiger partial charge in [0.25, 0.3) is 5.91 Å². The zero-order chi connectivity index (χ0) is 22.4. The highest BCUT2D eigenvalue weighted by atomic mass is 35.5. The number of nitrogens with zero attached hydrogens (tertiary/aromatic N) is 3. The monoisotopic (exact) mass is 477 g/mol. The number of carbonyl (C=O) groups excluding carboxylic acids is 1. The third-order valence-corrected chi connectivity index (χ3v) is 7.89. The van der Waals surface area contributed by atoms with Gasteiger partial charge in [0.1, 0.15) is 4.91 Å². The molecule has 2 aliphatic heterocycles. The molecule has 4 nitrogen and oxygen atoms in total. The largest absolute Gasteiger partial charge is 0.337 e. The van der Waals surface area contributed by atoms with E-state index in [1.807, 2.05) is 92.5 Å². The molecule has 0 N–H and O–H groups in total. The van der Waals surface area contributed by atoms with Crippen LogP contribution in [0.1, 0.15) is 11.1 Å². The number of thioether (sulfide) groups is 2. The van der Waals surface area contributed by atoms with Crippen molar-refractivity contribution in [3.05, 3.63) is 92.8 Å². The van der Waals surface area contributed by atoms with E-state index in [0.717, 1.165) is 38.1 Å². The van der Waals surface area contributed by atoms with Crippen molar-refractivity contribution in [3.8, 4) is 0 Å². The fourth-order valence-electron chi connectivity index (χ4n) is 3.70. The SMILES string of the molecule is Cc1cccc(N=C2S/C(=C3\Sc4ccc(Cl)cc4N3C)C(=O)N2c2cccc(C)c2)c1. The van der Waals surface area contributed by atoms with Gasteiger partial charge in [0.2, 0.25) is 0 Å². The number of hydrogen-bond acceptors (Lipinski definition) is 5. The van der Waals surface area contributed by atoms with E-state index in [2.05, 4.69) is 0 Å². The molecule has 7 heteroatoms. The van der Waals surface area contributed by atoms with Crippen LogP contribution >= 0.6 is 35.1 Å². The summed E-state index contributed by atoms with van der Waals surface area (Å²) < 4.78 is 0. The van der Waals surface area contributed by atoms with Gasteiger partial charge in [-0.2, -0.15) is 0 Å². The number of amidine groups is 1. The predicted molar refractivity (Wildman–Crippen MR) is 137 cm³/mol. The van der Waals surface area contributed by atoms with E-state index >= 15 is 0 Å². The number of hydrogen-bond donors (Lipinski definition) is 0. The maximum Gasteiger partial charge on any atom is 0.274 e. The lowest BCUT2D eigenvalue weighted by molar-refractivity contribution is -0.113. The Balaban J connectivity index is 1.62. The summed E-state index contributed by atoms with van der Waals surface area (Å²) in [5, 5.41) is 2.22. The Kier molecular flexibility index (Phi) is 5.53. The molecule has 0 aromatic heterocycles. The van der Waals surface area contributed by atoms with Crippen molar-refractivity contribution in [1.29, 1.82) is 0 Å². The summed E-state index contributed by atoms with van der Waals surface area (Å²) in [5.74, 6) is -0.0692. The molecule has 3 aromatic rings. The molecule has 1 fully saturated rings. The summed E-state index contributed by atoms with van der Waals surface area (Å²) in [5.41, 5.74) is 4.86. The van der Waals surface area contributed by atoms with Crippen molar-refractivity contribution < 1.29 is 4.79 Å². The lowest BCUT2D eigenvalue weighted by Crippen LogP contribution is -2.29. The first-order valence-electron chi connectivity index (χ1n) is 10.1. The Bertz CT molecular complexity index is 1320. The molecule has 0 unspecified atom stereocenters. The minimum atomic E-state index is -0.0692. The zero-order valence-corrected chi connectivity index (χ0v) is 20.2. The number of amides is 1. The summed E-state index contributed by atoms with van der Waals surface area (Å²) in [6, 6.07) is 21.7. The van der Waals surface area contributed by atoms with E-state index in [1.165, 1.54) is 11.8 Å². The van der Waals surface area contributed by atoms with Gasteiger partial charge in [-0.25, -0.2) is 4.99 Å². The van der Waals surface area contributed by atoms with Gasteiger partial charge in [-0.05, 0) is 79.2 Å². The Morgan fingerprint density at radius 1 is 0.906 bits per heavy atom. The summed E-state index contributed by atoms with van der Waals surface area (Å²) >= 11 is 9.22. The second-order valence-electron chi connectivity index (χ2n) is 7.72. The Hall–Kier alpha value is -2.67. The third-order valence-electron chi connectivity index (χ3n) is 5.26. The van der Waals surface area contributed by atoms with Crippen LogP contribution in [0.5, 0.6) is 0 Å². The summed E-state index contributed by atoms with van der Waals surface area (Å²) in [6.07, 6.45) is 0. The van der Waals surface area contributed by atoms with Gasteiger partial charge in [-0.1, -0.05) is 47.6 Å². The molecule has 32 heavy (non-hydrogen) atoms. The highest BCUT2D eigenvalue weighted by Crippen LogP contribution is 2.51. The molecule has 2 aliphatic rings. The standard InChI is InChI=1S/C25H20ClN3OS2/c1-15-6-4-8-18(12-15)27-25-29(19-9-5-7-16(2)13-19)23(30)22(32-25)24-28(3)20-14-17(26)10-11-21(20)31-24/h4-14H,1-3H3/b24-22-,27-25?. The molecule has 2 heterocycles. The van der Waals surface area contributed by atoms with Crippen LogP contribution < -0.4 is 9.80 Å². The molecule has 0 bridgehead atoms. The number of fused-ring (bicyclic) bond motifs is 1. The molecule has 5 rings (SSSR count). The van der Waals surface area contributed by atoms with Crippen LogP contribution in [0.3, 0.4) is 0 Å². The van der Waals surface area contributed by atoms with E-state index in [-0.39, 0.29) is 5.91 Å². The van der Waals surface area contributed by atoms with Crippen LogP contribution in [-0.4, -0.2) is 18.1 Å². The van der Waals surface area contributed by atoms with Crippen molar-refractivity contribution in [2.24, 2.45) is 4.99 Å². The van der Waals surface area contributed by atoms with Gasteiger partial charge >= 0.3 is 0 Å². The molecular weight excluding hydrogens is 458 g/mol. The molecule has 0 saturated carbocycles. The Morgan fingerprint density at radius 3 is 2.41 bits per heavy atom. The number of carbonyl (C=O) groups is 1. The number of anilines is 2. The van der Waals surface area contributed by atoms with Gasteiger partial charge in [-0.15, -0.1) is 0 Å². The van der Waals surface area contributed by atoms with E-state index < -0.39 is 0 Å². The molecule has 160 valence electrons. The van der Waals surface area contributed by atoms with Crippen LogP contribution in [0, 0.1) is 13.8 Å². The number of aliphatic imine (C=N–C) groups is 1. The minimum absolute atomic E-state index is 0.0692. The maximum absolute atomic E-state index is 13.7. The van der Waals surface area contributed by atoms with Crippen molar-refractivity contribution in [2.75, 3.05) is 16.8 Å². The normalized spacial score (nSPS) is 19.2.